The van der Waals surface area contributed by atoms with Gasteiger partial charge in [0.05, 0.1) is 4.90 Å². The molecule has 0 heterocycles. The summed E-state index contributed by atoms with van der Waals surface area (Å²) in [4.78, 5) is 0.221. The Morgan fingerprint density at radius 1 is 1.30 bits per heavy atom. The first-order chi connectivity index (χ1) is 9.18. The number of aliphatic hydroxyl groups is 1. The number of sulfonamides is 1. The average Bonchev–Trinajstić information content (AvgIpc) is 2.34. The first kappa shape index (κ1) is 18.1. The molecule has 0 atom stereocenters. The van der Waals surface area contributed by atoms with E-state index < -0.39 is 10.0 Å². The minimum Gasteiger partial charge on any atom is -0.396 e. The fraction of sp³-hybridized carbons (Fsp3) is 0.538. The summed E-state index contributed by atoms with van der Waals surface area (Å²) in [5.74, 6) is 0. The molecule has 1 rings (SSSR count). The Morgan fingerprint density at radius 2 is 1.95 bits per heavy atom. The molecule has 4 nitrogen and oxygen atoms in total. The van der Waals surface area contributed by atoms with Crippen LogP contribution in [0.25, 0.3) is 0 Å². The normalized spacial score (nSPS) is 12.7. The molecule has 0 radical (unpaired) electrons. The summed E-state index contributed by atoms with van der Waals surface area (Å²) in [5.41, 5.74) is -0.197. The fourth-order valence-corrected chi connectivity index (χ4v) is 4.69. The monoisotopic (exact) mass is 427 g/mol. The Labute approximate surface area is 137 Å². The van der Waals surface area contributed by atoms with Crippen LogP contribution in [0.3, 0.4) is 0 Å². The van der Waals surface area contributed by atoms with Gasteiger partial charge in [0, 0.05) is 22.1 Å². The number of rotatable bonds is 7. The van der Waals surface area contributed by atoms with E-state index in [1.165, 1.54) is 0 Å². The summed E-state index contributed by atoms with van der Waals surface area (Å²) in [5, 5.41) is 8.85. The number of hydrogen-bond acceptors (Lipinski definition) is 3. The molecule has 1 aromatic rings. The first-order valence-corrected chi connectivity index (χ1v) is 9.30. The van der Waals surface area contributed by atoms with Crippen molar-refractivity contribution in [1.82, 2.24) is 4.72 Å². The number of nitrogens with one attached hydrogen (secondary N) is 1. The van der Waals surface area contributed by atoms with Crippen LogP contribution in [-0.2, 0) is 10.0 Å². The van der Waals surface area contributed by atoms with Crippen molar-refractivity contribution in [3.8, 4) is 0 Å². The lowest BCUT2D eigenvalue weighted by molar-refractivity contribution is 0.242. The van der Waals surface area contributed by atoms with Crippen LogP contribution in [0.2, 0.25) is 0 Å². The lowest BCUT2D eigenvalue weighted by Crippen LogP contribution is -2.34. The zero-order valence-electron chi connectivity index (χ0n) is 11.5. The zero-order chi connectivity index (χ0) is 15.4. The highest BCUT2D eigenvalue weighted by Gasteiger charge is 2.23. The van der Waals surface area contributed by atoms with Gasteiger partial charge < -0.3 is 5.11 Å². The molecule has 0 saturated carbocycles. The molecule has 0 fully saturated rings. The Hall–Kier alpha value is 0.0500. The molecular formula is C13H19Br2NO3S. The lowest BCUT2D eigenvalue weighted by atomic mass is 9.88. The number of benzene rings is 1. The van der Waals surface area contributed by atoms with Crippen LogP contribution < -0.4 is 4.72 Å². The van der Waals surface area contributed by atoms with E-state index in [2.05, 4.69) is 36.6 Å². The molecule has 0 aromatic heterocycles. The van der Waals surface area contributed by atoms with Gasteiger partial charge in [0.2, 0.25) is 10.0 Å². The van der Waals surface area contributed by atoms with Gasteiger partial charge in [-0.15, -0.1) is 0 Å². The first-order valence-electron chi connectivity index (χ1n) is 6.23. The third kappa shape index (κ3) is 5.44. The Morgan fingerprint density at radius 3 is 2.50 bits per heavy atom. The van der Waals surface area contributed by atoms with Crippen molar-refractivity contribution in [2.45, 2.75) is 31.6 Å². The van der Waals surface area contributed by atoms with Crippen molar-refractivity contribution in [2.24, 2.45) is 5.41 Å². The standard InChI is InChI=1S/C13H19Br2NO3S/c1-13(2,6-3-7-17)9-16-20(18,19)12-5-4-10(14)8-11(12)15/h4-5,8,16-17H,3,6-7,9H2,1-2H3. The Kier molecular flexibility index (Phi) is 6.66. The van der Waals surface area contributed by atoms with E-state index in [0.717, 1.165) is 10.9 Å². The van der Waals surface area contributed by atoms with Gasteiger partial charge >= 0.3 is 0 Å². The van der Waals surface area contributed by atoms with Crippen LogP contribution in [-0.4, -0.2) is 26.7 Å². The molecule has 0 saturated heterocycles. The third-order valence-corrected chi connectivity index (χ3v) is 5.81. The van der Waals surface area contributed by atoms with E-state index in [1.807, 2.05) is 13.8 Å². The van der Waals surface area contributed by atoms with Gasteiger partial charge in [-0.2, -0.15) is 0 Å². The molecule has 0 spiro atoms. The van der Waals surface area contributed by atoms with Crippen LogP contribution in [0.1, 0.15) is 26.7 Å². The summed E-state index contributed by atoms with van der Waals surface area (Å²) in [7, 11) is -3.55. The highest BCUT2D eigenvalue weighted by Crippen LogP contribution is 2.27. The quantitative estimate of drug-likeness (QED) is 0.700. The highest BCUT2D eigenvalue weighted by atomic mass is 79.9. The summed E-state index contributed by atoms with van der Waals surface area (Å²) >= 11 is 6.56. The van der Waals surface area contributed by atoms with Gasteiger partial charge in [-0.3, -0.25) is 0 Å². The predicted molar refractivity (Wildman–Crippen MR) is 87.1 cm³/mol. The van der Waals surface area contributed by atoms with Crippen molar-refractivity contribution >= 4 is 41.9 Å². The van der Waals surface area contributed by atoms with E-state index in [4.69, 9.17) is 5.11 Å². The summed E-state index contributed by atoms with van der Waals surface area (Å²) in [6.07, 6.45) is 1.42. The maximum Gasteiger partial charge on any atom is 0.241 e. The van der Waals surface area contributed by atoms with Crippen molar-refractivity contribution in [3.63, 3.8) is 0 Å². The molecule has 2 N–H and O–H groups in total. The van der Waals surface area contributed by atoms with Crippen molar-refractivity contribution < 1.29 is 13.5 Å². The minimum atomic E-state index is -3.55. The summed E-state index contributed by atoms with van der Waals surface area (Å²) in [6.45, 7) is 4.40. The maximum atomic E-state index is 12.3. The van der Waals surface area contributed by atoms with E-state index in [0.29, 0.717) is 17.4 Å². The third-order valence-electron chi connectivity index (χ3n) is 2.94. The number of halogens is 2. The van der Waals surface area contributed by atoms with Gasteiger partial charge in [0.25, 0.3) is 0 Å². The van der Waals surface area contributed by atoms with Gasteiger partial charge in [0.1, 0.15) is 0 Å². The molecule has 114 valence electrons. The second-order valence-electron chi connectivity index (χ2n) is 5.39. The Bertz CT molecular complexity index is 559. The van der Waals surface area contributed by atoms with Crippen LogP contribution in [0.15, 0.2) is 32.0 Å². The molecular weight excluding hydrogens is 410 g/mol. The smallest absolute Gasteiger partial charge is 0.241 e. The molecule has 0 amide bonds. The second-order valence-corrected chi connectivity index (χ2v) is 8.90. The molecule has 1 aromatic carbocycles. The van der Waals surface area contributed by atoms with Crippen LogP contribution in [0.4, 0.5) is 0 Å². The van der Waals surface area contributed by atoms with E-state index in [9.17, 15) is 8.42 Å². The zero-order valence-corrected chi connectivity index (χ0v) is 15.5. The summed E-state index contributed by atoms with van der Waals surface area (Å²) in [6, 6.07) is 4.94. The van der Waals surface area contributed by atoms with E-state index >= 15 is 0 Å². The number of aliphatic hydroxyl groups excluding tert-OH is 1. The van der Waals surface area contributed by atoms with Gasteiger partial charge in [-0.05, 0) is 52.4 Å². The second kappa shape index (κ2) is 7.35. The highest BCUT2D eigenvalue weighted by molar-refractivity contribution is 9.11. The molecule has 0 aliphatic rings. The average molecular weight is 429 g/mol. The van der Waals surface area contributed by atoms with Crippen molar-refractivity contribution in [2.75, 3.05) is 13.2 Å². The van der Waals surface area contributed by atoms with Crippen molar-refractivity contribution in [1.29, 1.82) is 0 Å². The number of hydrogen-bond donors (Lipinski definition) is 2. The lowest BCUT2D eigenvalue weighted by Gasteiger charge is -2.24. The van der Waals surface area contributed by atoms with Gasteiger partial charge in [-0.1, -0.05) is 29.8 Å². The van der Waals surface area contributed by atoms with Crippen LogP contribution in [0, 0.1) is 5.41 Å². The maximum absolute atomic E-state index is 12.3. The molecule has 0 aliphatic heterocycles. The molecule has 7 heteroatoms. The van der Waals surface area contributed by atoms with Crippen LogP contribution in [0.5, 0.6) is 0 Å². The largest absolute Gasteiger partial charge is 0.396 e. The molecule has 0 aliphatic carbocycles. The molecule has 20 heavy (non-hydrogen) atoms. The van der Waals surface area contributed by atoms with Gasteiger partial charge in [-0.25, -0.2) is 13.1 Å². The molecule has 0 unspecified atom stereocenters. The van der Waals surface area contributed by atoms with Crippen LogP contribution >= 0.6 is 31.9 Å². The minimum absolute atomic E-state index is 0.119. The van der Waals surface area contributed by atoms with Gasteiger partial charge in [0.15, 0.2) is 0 Å². The van der Waals surface area contributed by atoms with Crippen molar-refractivity contribution in [3.05, 3.63) is 27.1 Å². The summed E-state index contributed by atoms with van der Waals surface area (Å²) < 4.78 is 28.5. The SMILES string of the molecule is CC(C)(CCCO)CNS(=O)(=O)c1ccc(Br)cc1Br. The topological polar surface area (TPSA) is 66.4 Å². The predicted octanol–water partition coefficient (Wildman–Crippen LogP) is 3.29. The Balaban J connectivity index is 2.80. The molecule has 0 bridgehead atoms. The van der Waals surface area contributed by atoms with E-state index in [-0.39, 0.29) is 16.9 Å². The van der Waals surface area contributed by atoms with E-state index in [1.54, 1.807) is 18.2 Å². The fourth-order valence-electron chi connectivity index (χ4n) is 1.71.